The molecular formula is C21H27N3O4. The highest BCUT2D eigenvalue weighted by atomic mass is 16.6. The zero-order valence-corrected chi connectivity index (χ0v) is 16.6. The van der Waals surface area contributed by atoms with Crippen LogP contribution in [-0.4, -0.2) is 52.5 Å². The monoisotopic (exact) mass is 385 g/mol. The van der Waals surface area contributed by atoms with Crippen LogP contribution >= 0.6 is 0 Å². The van der Waals surface area contributed by atoms with Crippen molar-refractivity contribution in [3.8, 4) is 0 Å². The number of benzene rings is 1. The summed E-state index contributed by atoms with van der Waals surface area (Å²) in [5.41, 5.74) is 3.00. The normalized spacial score (nSPS) is 31.8. The van der Waals surface area contributed by atoms with E-state index in [4.69, 9.17) is 4.74 Å². The van der Waals surface area contributed by atoms with E-state index in [1.54, 1.807) is 29.2 Å². The second-order valence-electron chi connectivity index (χ2n) is 8.63. The number of carbonyl (C=O) groups is 3. The van der Waals surface area contributed by atoms with Crippen LogP contribution in [0, 0.1) is 5.41 Å². The van der Waals surface area contributed by atoms with Crippen molar-refractivity contribution in [2.45, 2.75) is 64.2 Å². The van der Waals surface area contributed by atoms with Gasteiger partial charge in [0.1, 0.15) is 6.61 Å². The molecule has 1 unspecified atom stereocenters. The first-order valence-corrected chi connectivity index (χ1v) is 10.00. The van der Waals surface area contributed by atoms with Gasteiger partial charge in [0.25, 0.3) is 5.91 Å². The molecule has 4 atom stereocenters. The molecule has 0 bridgehead atoms. The van der Waals surface area contributed by atoms with Crippen molar-refractivity contribution in [2.75, 3.05) is 6.61 Å². The van der Waals surface area contributed by atoms with Gasteiger partial charge in [0.2, 0.25) is 0 Å². The number of hydrazine groups is 1. The van der Waals surface area contributed by atoms with Crippen molar-refractivity contribution >= 4 is 18.3 Å². The van der Waals surface area contributed by atoms with Gasteiger partial charge in [-0.05, 0) is 12.5 Å². The van der Waals surface area contributed by atoms with E-state index in [0.29, 0.717) is 24.0 Å². The van der Waals surface area contributed by atoms with Crippen molar-refractivity contribution in [3.05, 3.63) is 35.4 Å². The third kappa shape index (κ3) is 2.64. The molecule has 1 N–H and O–H groups in total. The van der Waals surface area contributed by atoms with Crippen molar-refractivity contribution in [2.24, 2.45) is 5.41 Å². The topological polar surface area (TPSA) is 78.5 Å². The Morgan fingerprint density at radius 2 is 2.07 bits per heavy atom. The van der Waals surface area contributed by atoms with Gasteiger partial charge in [0, 0.05) is 11.0 Å². The molecule has 2 amide bonds. The number of cyclic esters (lactones) is 1. The first kappa shape index (κ1) is 18.9. The van der Waals surface area contributed by atoms with Crippen LogP contribution in [-0.2, 0) is 4.74 Å². The number of fused-ring (bicyclic) bond motifs is 3. The number of aldehydes is 1. The van der Waals surface area contributed by atoms with Crippen LogP contribution in [0.3, 0.4) is 0 Å². The summed E-state index contributed by atoms with van der Waals surface area (Å²) in [7, 11) is 0. The van der Waals surface area contributed by atoms with Gasteiger partial charge >= 0.3 is 6.09 Å². The molecule has 0 aromatic heterocycles. The molecule has 3 heterocycles. The van der Waals surface area contributed by atoms with Crippen molar-refractivity contribution in [3.63, 3.8) is 0 Å². The third-order valence-electron chi connectivity index (χ3n) is 6.24. The lowest BCUT2D eigenvalue weighted by molar-refractivity contribution is 0.0493. The van der Waals surface area contributed by atoms with Gasteiger partial charge in [0.15, 0.2) is 11.9 Å². The Labute approximate surface area is 165 Å². The third-order valence-corrected chi connectivity index (χ3v) is 6.24. The SMILES string of the molecule is CCCCC[C@H]1N(NC(=O)c2ccccc2C=O)[C@@]12[C@@H]1N2C(=O)OCC1(C)C. The Balaban J connectivity index is 1.57. The van der Waals surface area contributed by atoms with Gasteiger partial charge in [-0.15, -0.1) is 0 Å². The molecule has 3 aliphatic rings. The Kier molecular flexibility index (Phi) is 4.45. The van der Waals surface area contributed by atoms with Crippen LogP contribution < -0.4 is 5.43 Å². The van der Waals surface area contributed by atoms with Gasteiger partial charge < -0.3 is 4.74 Å². The molecule has 3 saturated heterocycles. The number of amides is 2. The molecule has 4 rings (SSSR count). The first-order valence-electron chi connectivity index (χ1n) is 10.00. The van der Waals surface area contributed by atoms with Crippen LogP contribution in [0.25, 0.3) is 0 Å². The predicted octanol–water partition coefficient (Wildman–Crippen LogP) is 2.97. The number of hydrogen-bond donors (Lipinski definition) is 1. The maximum Gasteiger partial charge on any atom is 0.411 e. The Morgan fingerprint density at radius 1 is 1.32 bits per heavy atom. The van der Waals surface area contributed by atoms with Gasteiger partial charge in [-0.25, -0.2) is 4.79 Å². The maximum absolute atomic E-state index is 12.9. The highest BCUT2D eigenvalue weighted by Gasteiger charge is 2.89. The van der Waals surface area contributed by atoms with E-state index in [2.05, 4.69) is 26.2 Å². The zero-order chi connectivity index (χ0) is 20.1. The van der Waals surface area contributed by atoms with Crippen molar-refractivity contribution in [1.29, 1.82) is 0 Å². The second kappa shape index (κ2) is 6.58. The van der Waals surface area contributed by atoms with E-state index in [1.807, 2.05) is 5.01 Å². The highest BCUT2D eigenvalue weighted by Crippen LogP contribution is 2.67. The fourth-order valence-corrected chi connectivity index (χ4v) is 4.89. The van der Waals surface area contributed by atoms with E-state index in [0.717, 1.165) is 25.7 Å². The molecule has 3 fully saturated rings. The largest absolute Gasteiger partial charge is 0.449 e. The zero-order valence-electron chi connectivity index (χ0n) is 16.6. The lowest BCUT2D eigenvalue weighted by Gasteiger charge is -2.27. The molecule has 3 aliphatic heterocycles. The molecule has 0 radical (unpaired) electrons. The van der Waals surface area contributed by atoms with E-state index >= 15 is 0 Å². The summed E-state index contributed by atoms with van der Waals surface area (Å²) in [4.78, 5) is 38.3. The molecule has 150 valence electrons. The number of nitrogens with one attached hydrogen (secondary N) is 1. The minimum atomic E-state index is -0.489. The minimum absolute atomic E-state index is 0.0227. The summed E-state index contributed by atoms with van der Waals surface area (Å²) in [5.74, 6) is -0.323. The van der Waals surface area contributed by atoms with Gasteiger partial charge in [0.05, 0.1) is 17.6 Å². The molecule has 0 saturated carbocycles. The summed E-state index contributed by atoms with van der Waals surface area (Å²) in [6.07, 6.45) is 4.54. The van der Waals surface area contributed by atoms with Crippen molar-refractivity contribution < 1.29 is 19.1 Å². The van der Waals surface area contributed by atoms with E-state index in [9.17, 15) is 14.4 Å². The number of hydrogen-bond acceptors (Lipinski definition) is 5. The summed E-state index contributed by atoms with van der Waals surface area (Å²) in [5, 5.41) is 1.91. The lowest BCUT2D eigenvalue weighted by Crippen LogP contribution is -2.37. The van der Waals surface area contributed by atoms with Crippen LogP contribution in [0.2, 0.25) is 0 Å². The molecular weight excluding hydrogens is 358 g/mol. The standard InChI is InChI=1S/C21H27N3O4/c1-4-5-6-11-16-21(18-20(2,3)13-28-19(27)23(18)21)24(16)22-17(26)15-10-8-7-9-14(15)12-25/h7-10,12,16,18H,4-6,11,13H2,1-3H3,(H,22,26)/t16-,18-,21-,23?,24?/m1/s1. The molecule has 1 spiro atoms. The molecule has 28 heavy (non-hydrogen) atoms. The number of carbonyl (C=O) groups excluding carboxylic acids is 3. The summed E-state index contributed by atoms with van der Waals surface area (Å²) >= 11 is 0. The fourth-order valence-electron chi connectivity index (χ4n) is 4.89. The number of nitrogens with zero attached hydrogens (tertiary/aromatic N) is 2. The van der Waals surface area contributed by atoms with Crippen LogP contribution in [0.1, 0.15) is 67.2 Å². The highest BCUT2D eigenvalue weighted by molar-refractivity contribution is 6.01. The average molecular weight is 385 g/mol. The minimum Gasteiger partial charge on any atom is -0.449 e. The second-order valence-corrected chi connectivity index (χ2v) is 8.63. The van der Waals surface area contributed by atoms with Gasteiger partial charge in [-0.1, -0.05) is 58.2 Å². The smallest absolute Gasteiger partial charge is 0.411 e. The lowest BCUT2D eigenvalue weighted by atomic mass is 9.86. The molecule has 1 aromatic rings. The quantitative estimate of drug-likeness (QED) is 0.444. The van der Waals surface area contributed by atoms with Gasteiger partial charge in [-0.2, -0.15) is 5.01 Å². The molecule has 0 aliphatic carbocycles. The maximum atomic E-state index is 12.9. The number of rotatable bonds is 7. The van der Waals surface area contributed by atoms with E-state index in [1.165, 1.54) is 0 Å². The van der Waals surface area contributed by atoms with Crippen molar-refractivity contribution in [1.82, 2.24) is 15.3 Å². The number of ether oxygens (including phenoxy) is 1. The van der Waals surface area contributed by atoms with Gasteiger partial charge in [-0.3, -0.25) is 19.9 Å². The molecule has 7 nitrogen and oxygen atoms in total. The van der Waals surface area contributed by atoms with E-state index < -0.39 is 5.66 Å². The Hall–Kier alpha value is -2.41. The Bertz CT molecular complexity index is 824. The fraction of sp³-hybridized carbons (Fsp3) is 0.571. The number of unbranched alkanes of at least 4 members (excludes halogenated alkanes) is 2. The van der Waals surface area contributed by atoms with Crippen LogP contribution in [0.15, 0.2) is 24.3 Å². The molecule has 1 aromatic carbocycles. The first-order chi connectivity index (χ1) is 13.4. The summed E-state index contributed by atoms with van der Waals surface area (Å²) < 4.78 is 5.37. The average Bonchev–Trinajstić information content (AvgIpc) is 3.55. The summed E-state index contributed by atoms with van der Waals surface area (Å²) in [6, 6.07) is 6.82. The van der Waals surface area contributed by atoms with Crippen LogP contribution in [0.5, 0.6) is 0 Å². The van der Waals surface area contributed by atoms with E-state index in [-0.39, 0.29) is 29.5 Å². The molecule has 7 heteroatoms. The van der Waals surface area contributed by atoms with Crippen LogP contribution in [0.4, 0.5) is 4.79 Å². The predicted molar refractivity (Wildman–Crippen MR) is 103 cm³/mol. The Morgan fingerprint density at radius 3 is 2.75 bits per heavy atom. The summed E-state index contributed by atoms with van der Waals surface area (Å²) in [6.45, 7) is 6.72.